The minimum atomic E-state index is -0.608. The van der Waals surface area contributed by atoms with Gasteiger partial charge in [-0.1, -0.05) is 86.0 Å². The number of rotatable bonds is 10. The van der Waals surface area contributed by atoms with Crippen molar-refractivity contribution < 1.29 is 28.5 Å². The molecule has 0 spiro atoms. The lowest BCUT2D eigenvalue weighted by Crippen LogP contribution is -2.28. The molecule has 0 heterocycles. The normalized spacial score (nSPS) is 12.4. The number of fused-ring (bicyclic) bond motifs is 3. The van der Waals surface area contributed by atoms with E-state index >= 15 is 0 Å². The first kappa shape index (κ1) is 27.5. The molecule has 0 amide bonds. The van der Waals surface area contributed by atoms with E-state index in [4.69, 9.17) is 18.9 Å². The van der Waals surface area contributed by atoms with E-state index in [1.165, 1.54) is 11.1 Å². The number of hydrogen-bond acceptors (Lipinski definition) is 6. The Balaban J connectivity index is 1.52. The monoisotopic (exact) mass is 546 g/mol. The average Bonchev–Trinajstić information content (AvgIpc) is 3.29. The summed E-state index contributed by atoms with van der Waals surface area (Å²) in [4.78, 5) is 23.4. The topological polar surface area (TPSA) is 71.1 Å². The Hall–Kier alpha value is -5.10. The van der Waals surface area contributed by atoms with Crippen molar-refractivity contribution in [2.75, 3.05) is 13.6 Å². The SMILES string of the molecule is C=C(C)C(=O)OCOc1ccc(C2(c3ccc(OCOC(=O)C(=C)C)cc3)c3ccccc3-c3ccccc32)cc1. The maximum Gasteiger partial charge on any atom is 0.335 e. The van der Waals surface area contributed by atoms with Gasteiger partial charge in [-0.15, -0.1) is 0 Å². The molecule has 0 saturated heterocycles. The highest BCUT2D eigenvalue weighted by Gasteiger charge is 2.45. The summed E-state index contributed by atoms with van der Waals surface area (Å²) < 4.78 is 21.5. The number of ether oxygens (including phenoxy) is 4. The van der Waals surface area contributed by atoms with E-state index in [0.717, 1.165) is 22.3 Å². The maximum atomic E-state index is 11.7. The van der Waals surface area contributed by atoms with E-state index in [1.54, 1.807) is 13.8 Å². The van der Waals surface area contributed by atoms with Gasteiger partial charge in [-0.3, -0.25) is 0 Å². The minimum Gasteiger partial charge on any atom is -0.457 e. The van der Waals surface area contributed by atoms with Crippen LogP contribution in [0.5, 0.6) is 11.5 Å². The molecule has 0 aromatic heterocycles. The smallest absolute Gasteiger partial charge is 0.335 e. The van der Waals surface area contributed by atoms with E-state index in [-0.39, 0.29) is 13.6 Å². The summed E-state index contributed by atoms with van der Waals surface area (Å²) in [5.41, 5.74) is 6.77. The van der Waals surface area contributed by atoms with Gasteiger partial charge in [-0.05, 0) is 71.5 Å². The molecule has 0 atom stereocenters. The summed E-state index contributed by atoms with van der Waals surface area (Å²) in [5.74, 6) is 0.152. The summed E-state index contributed by atoms with van der Waals surface area (Å²) in [6.45, 7) is 9.93. The first-order valence-corrected chi connectivity index (χ1v) is 13.1. The minimum absolute atomic E-state index is 0.203. The lowest BCUT2D eigenvalue weighted by atomic mass is 9.68. The van der Waals surface area contributed by atoms with Crippen LogP contribution < -0.4 is 9.47 Å². The van der Waals surface area contributed by atoms with Crippen molar-refractivity contribution in [3.8, 4) is 22.6 Å². The highest BCUT2D eigenvalue weighted by molar-refractivity contribution is 5.87. The Morgan fingerprint density at radius 1 is 0.585 bits per heavy atom. The molecule has 5 rings (SSSR count). The summed E-state index contributed by atoms with van der Waals surface area (Å²) in [6, 6.07) is 32.5. The lowest BCUT2D eigenvalue weighted by molar-refractivity contribution is -0.146. The molecule has 41 heavy (non-hydrogen) atoms. The predicted molar refractivity (Wildman–Crippen MR) is 157 cm³/mol. The molecule has 4 aromatic carbocycles. The van der Waals surface area contributed by atoms with Crippen LogP contribution in [0.1, 0.15) is 36.1 Å². The van der Waals surface area contributed by atoms with Gasteiger partial charge in [0, 0.05) is 11.1 Å². The van der Waals surface area contributed by atoms with Crippen molar-refractivity contribution >= 4 is 11.9 Å². The van der Waals surface area contributed by atoms with Gasteiger partial charge >= 0.3 is 11.9 Å². The molecule has 1 aliphatic rings. The van der Waals surface area contributed by atoms with Crippen LogP contribution in [-0.2, 0) is 24.5 Å². The highest BCUT2D eigenvalue weighted by Crippen LogP contribution is 2.56. The Bertz CT molecular complexity index is 1490. The molecule has 4 aromatic rings. The van der Waals surface area contributed by atoms with Gasteiger partial charge < -0.3 is 18.9 Å². The van der Waals surface area contributed by atoms with Gasteiger partial charge in [-0.2, -0.15) is 0 Å². The first-order chi connectivity index (χ1) is 19.8. The first-order valence-electron chi connectivity index (χ1n) is 13.1. The summed E-state index contributed by atoms with van der Waals surface area (Å²) in [5, 5.41) is 0. The molecule has 0 aliphatic heterocycles. The Labute approximate surface area is 239 Å². The van der Waals surface area contributed by atoms with E-state index in [0.29, 0.717) is 22.6 Å². The van der Waals surface area contributed by atoms with Crippen molar-refractivity contribution in [2.45, 2.75) is 19.3 Å². The van der Waals surface area contributed by atoms with Crippen molar-refractivity contribution in [3.05, 3.63) is 144 Å². The summed E-state index contributed by atoms with van der Waals surface area (Å²) in [6.07, 6.45) is 0. The van der Waals surface area contributed by atoms with Crippen molar-refractivity contribution in [3.63, 3.8) is 0 Å². The van der Waals surface area contributed by atoms with Crippen LogP contribution in [0.15, 0.2) is 121 Å². The fourth-order valence-electron chi connectivity index (χ4n) is 5.17. The highest BCUT2D eigenvalue weighted by atomic mass is 16.7. The maximum absolute atomic E-state index is 11.7. The van der Waals surface area contributed by atoms with Gasteiger partial charge in [0.25, 0.3) is 0 Å². The molecule has 0 radical (unpaired) electrons. The van der Waals surface area contributed by atoms with E-state index in [1.807, 2.05) is 48.5 Å². The second kappa shape index (κ2) is 11.6. The molecule has 6 nitrogen and oxygen atoms in total. The molecule has 0 bridgehead atoms. The van der Waals surface area contributed by atoms with Crippen molar-refractivity contribution in [2.24, 2.45) is 0 Å². The molecular weight excluding hydrogens is 516 g/mol. The second-order valence-electron chi connectivity index (χ2n) is 9.84. The molecule has 6 heteroatoms. The van der Waals surface area contributed by atoms with E-state index in [9.17, 15) is 9.59 Å². The van der Waals surface area contributed by atoms with Crippen LogP contribution in [0.2, 0.25) is 0 Å². The zero-order chi connectivity index (χ0) is 29.0. The van der Waals surface area contributed by atoms with Gasteiger partial charge in [0.15, 0.2) is 0 Å². The van der Waals surface area contributed by atoms with Crippen LogP contribution in [0.25, 0.3) is 11.1 Å². The Kier molecular flexibility index (Phi) is 7.74. The third-order valence-electron chi connectivity index (χ3n) is 7.06. The van der Waals surface area contributed by atoms with Crippen molar-refractivity contribution in [1.29, 1.82) is 0 Å². The number of esters is 2. The molecule has 0 N–H and O–H groups in total. The van der Waals surface area contributed by atoms with Gasteiger partial charge in [0.1, 0.15) is 11.5 Å². The van der Waals surface area contributed by atoms with Crippen LogP contribution in [0.3, 0.4) is 0 Å². The molecule has 0 unspecified atom stereocenters. The van der Waals surface area contributed by atoms with Gasteiger partial charge in [0.05, 0.1) is 5.41 Å². The average molecular weight is 547 g/mol. The number of carbonyl (C=O) groups is 2. The quantitative estimate of drug-likeness (QED) is 0.107. The van der Waals surface area contributed by atoms with Crippen LogP contribution in [-0.4, -0.2) is 25.5 Å². The largest absolute Gasteiger partial charge is 0.457 e. The lowest BCUT2D eigenvalue weighted by Gasteiger charge is -2.34. The molecule has 0 fully saturated rings. The third-order valence-corrected chi connectivity index (χ3v) is 7.06. The third kappa shape index (κ3) is 5.24. The fraction of sp³-hybridized carbons (Fsp3) is 0.143. The Morgan fingerprint density at radius 3 is 1.32 bits per heavy atom. The van der Waals surface area contributed by atoms with Crippen LogP contribution in [0.4, 0.5) is 0 Å². The van der Waals surface area contributed by atoms with Crippen molar-refractivity contribution in [1.82, 2.24) is 0 Å². The molecule has 0 saturated carbocycles. The predicted octanol–water partition coefficient (Wildman–Crippen LogP) is 6.96. The van der Waals surface area contributed by atoms with E-state index in [2.05, 4.69) is 61.7 Å². The molecule has 206 valence electrons. The van der Waals surface area contributed by atoms with Gasteiger partial charge in [0.2, 0.25) is 13.6 Å². The number of carbonyl (C=O) groups excluding carboxylic acids is 2. The molecular formula is C35H30O6. The second-order valence-corrected chi connectivity index (χ2v) is 9.84. The number of benzene rings is 4. The zero-order valence-corrected chi connectivity index (χ0v) is 23.0. The van der Waals surface area contributed by atoms with E-state index < -0.39 is 17.4 Å². The van der Waals surface area contributed by atoms with Crippen LogP contribution >= 0.6 is 0 Å². The van der Waals surface area contributed by atoms with Gasteiger partial charge in [-0.25, -0.2) is 9.59 Å². The fourth-order valence-corrected chi connectivity index (χ4v) is 5.17. The van der Waals surface area contributed by atoms with Crippen LogP contribution in [0, 0.1) is 0 Å². The summed E-state index contributed by atoms with van der Waals surface area (Å²) >= 11 is 0. The molecule has 1 aliphatic carbocycles. The zero-order valence-electron chi connectivity index (χ0n) is 23.0. The summed E-state index contributed by atoms with van der Waals surface area (Å²) in [7, 11) is 0. The standard InChI is InChI=1S/C35H30O6/c1-23(2)33(36)40-21-38-27-17-13-25(14-18-27)35(26-15-19-28(20-16-26)39-22-41-34(37)24(3)4)31-11-7-5-9-29(31)30-10-6-8-12-32(30)35/h5-20H,1,3,21-22H2,2,4H3. The number of hydrogen-bond donors (Lipinski definition) is 0. The Morgan fingerprint density at radius 2 is 0.951 bits per heavy atom.